The van der Waals surface area contributed by atoms with E-state index in [1.807, 2.05) is 6.92 Å². The minimum atomic E-state index is -1.01. The number of benzene rings is 1. The maximum atomic E-state index is 11.8. The van der Waals surface area contributed by atoms with Crippen molar-refractivity contribution in [3.63, 3.8) is 0 Å². The molecule has 0 aliphatic rings. The van der Waals surface area contributed by atoms with E-state index in [9.17, 15) is 9.59 Å². The Balaban J connectivity index is 1.80. The molecule has 0 saturated heterocycles. The first-order valence-corrected chi connectivity index (χ1v) is 6.97. The Labute approximate surface area is 132 Å². The van der Waals surface area contributed by atoms with Crippen molar-refractivity contribution in [2.24, 2.45) is 0 Å². The number of carboxylic acids is 1. The first kappa shape index (κ1) is 16.3. The number of carboxylic acid groups (broad SMARTS) is 1. The lowest BCUT2D eigenvalue weighted by Gasteiger charge is -2.07. The fraction of sp³-hybridized carbons (Fsp3) is 0.267. The van der Waals surface area contributed by atoms with Gasteiger partial charge in [0.2, 0.25) is 0 Å². The standard InChI is InChI=1S/C15H17N3O5/c1-2-22-11-3-5-12(6-4-11)23-10-14(19)16-13-7-8-18(17-13)9-15(20)21/h3-8H,2,9-10H2,1H3,(H,20,21)(H,16,17,19). The molecule has 2 aromatic rings. The van der Waals surface area contributed by atoms with Gasteiger partial charge >= 0.3 is 5.97 Å². The van der Waals surface area contributed by atoms with Crippen molar-refractivity contribution >= 4 is 17.7 Å². The molecule has 8 nitrogen and oxygen atoms in total. The number of amides is 1. The van der Waals surface area contributed by atoms with Crippen molar-refractivity contribution in [2.45, 2.75) is 13.5 Å². The summed E-state index contributed by atoms with van der Waals surface area (Å²) in [5, 5.41) is 15.1. The van der Waals surface area contributed by atoms with Crippen LogP contribution in [0.5, 0.6) is 11.5 Å². The number of carbonyl (C=O) groups excluding carboxylic acids is 1. The third-order valence-electron chi connectivity index (χ3n) is 2.71. The molecule has 0 aliphatic heterocycles. The molecule has 0 aliphatic carbocycles. The lowest BCUT2D eigenvalue weighted by Crippen LogP contribution is -2.20. The molecule has 0 fully saturated rings. The molecule has 122 valence electrons. The Kier molecular flexibility index (Phi) is 5.56. The molecule has 8 heteroatoms. The van der Waals surface area contributed by atoms with Gasteiger partial charge in [0.15, 0.2) is 12.4 Å². The molecule has 0 radical (unpaired) electrons. The lowest BCUT2D eigenvalue weighted by atomic mass is 10.3. The fourth-order valence-corrected chi connectivity index (χ4v) is 1.78. The van der Waals surface area contributed by atoms with Crippen molar-refractivity contribution in [3.05, 3.63) is 36.5 Å². The lowest BCUT2D eigenvalue weighted by molar-refractivity contribution is -0.137. The monoisotopic (exact) mass is 319 g/mol. The summed E-state index contributed by atoms with van der Waals surface area (Å²) in [5.41, 5.74) is 0. The van der Waals surface area contributed by atoms with Gasteiger partial charge < -0.3 is 19.9 Å². The maximum absolute atomic E-state index is 11.8. The molecule has 1 aromatic heterocycles. The quantitative estimate of drug-likeness (QED) is 0.762. The van der Waals surface area contributed by atoms with Crippen LogP contribution in [-0.4, -0.2) is 40.0 Å². The Morgan fingerprint density at radius 1 is 1.17 bits per heavy atom. The van der Waals surface area contributed by atoms with E-state index in [0.717, 1.165) is 5.75 Å². The van der Waals surface area contributed by atoms with E-state index in [0.29, 0.717) is 12.4 Å². The highest BCUT2D eigenvalue weighted by atomic mass is 16.5. The highest BCUT2D eigenvalue weighted by molar-refractivity contribution is 5.90. The second kappa shape index (κ2) is 7.83. The van der Waals surface area contributed by atoms with E-state index in [1.54, 1.807) is 24.3 Å². The van der Waals surface area contributed by atoms with E-state index in [4.69, 9.17) is 14.6 Å². The topological polar surface area (TPSA) is 103 Å². The van der Waals surface area contributed by atoms with E-state index < -0.39 is 5.97 Å². The van der Waals surface area contributed by atoms with Crippen molar-refractivity contribution in [1.29, 1.82) is 0 Å². The van der Waals surface area contributed by atoms with Gasteiger partial charge in [-0.05, 0) is 31.2 Å². The van der Waals surface area contributed by atoms with Crippen molar-refractivity contribution in [1.82, 2.24) is 9.78 Å². The number of hydrogen-bond donors (Lipinski definition) is 2. The third kappa shape index (κ3) is 5.34. The Morgan fingerprint density at radius 3 is 2.43 bits per heavy atom. The summed E-state index contributed by atoms with van der Waals surface area (Å²) in [6, 6.07) is 8.44. The van der Waals surface area contributed by atoms with Crippen molar-refractivity contribution in [2.75, 3.05) is 18.5 Å². The Bertz CT molecular complexity index is 666. The minimum absolute atomic E-state index is 0.181. The molecule has 2 N–H and O–H groups in total. The number of carbonyl (C=O) groups is 2. The predicted molar refractivity (Wildman–Crippen MR) is 81.6 cm³/mol. The second-order valence-corrected chi connectivity index (χ2v) is 4.53. The summed E-state index contributed by atoms with van der Waals surface area (Å²) in [4.78, 5) is 22.3. The van der Waals surface area contributed by atoms with Gasteiger partial charge in [-0.2, -0.15) is 5.10 Å². The van der Waals surface area contributed by atoms with E-state index in [1.165, 1.54) is 16.9 Å². The van der Waals surface area contributed by atoms with Crippen LogP contribution in [0.25, 0.3) is 0 Å². The zero-order chi connectivity index (χ0) is 16.7. The molecule has 1 heterocycles. The molecular weight excluding hydrogens is 302 g/mol. The Hall–Kier alpha value is -3.03. The molecule has 0 spiro atoms. The van der Waals surface area contributed by atoms with Crippen LogP contribution in [-0.2, 0) is 16.1 Å². The van der Waals surface area contributed by atoms with Gasteiger partial charge in [-0.3, -0.25) is 14.3 Å². The number of nitrogens with zero attached hydrogens (tertiary/aromatic N) is 2. The van der Waals surface area contributed by atoms with Crippen LogP contribution in [0.4, 0.5) is 5.82 Å². The number of aromatic nitrogens is 2. The smallest absolute Gasteiger partial charge is 0.325 e. The molecule has 1 amide bonds. The summed E-state index contributed by atoms with van der Waals surface area (Å²) in [6.07, 6.45) is 1.47. The van der Waals surface area contributed by atoms with Crippen LogP contribution in [0.3, 0.4) is 0 Å². The van der Waals surface area contributed by atoms with Crippen LogP contribution < -0.4 is 14.8 Å². The summed E-state index contributed by atoms with van der Waals surface area (Å²) < 4.78 is 11.9. The molecule has 0 saturated carbocycles. The molecule has 2 rings (SSSR count). The molecule has 1 aromatic carbocycles. The zero-order valence-corrected chi connectivity index (χ0v) is 12.6. The second-order valence-electron chi connectivity index (χ2n) is 4.53. The van der Waals surface area contributed by atoms with Gasteiger partial charge in [0.25, 0.3) is 5.91 Å². The van der Waals surface area contributed by atoms with Crippen LogP contribution in [0.2, 0.25) is 0 Å². The summed E-state index contributed by atoms with van der Waals surface area (Å²) >= 11 is 0. The number of ether oxygens (including phenoxy) is 2. The molecule has 0 unspecified atom stereocenters. The number of nitrogens with one attached hydrogen (secondary N) is 1. The van der Waals surface area contributed by atoms with Crippen molar-refractivity contribution in [3.8, 4) is 11.5 Å². The fourth-order valence-electron chi connectivity index (χ4n) is 1.78. The average molecular weight is 319 g/mol. The van der Waals surface area contributed by atoms with Crippen molar-refractivity contribution < 1.29 is 24.2 Å². The summed E-state index contributed by atoms with van der Waals surface area (Å²) in [5.74, 6) is 0.143. The van der Waals surface area contributed by atoms with Gasteiger partial charge in [-0.15, -0.1) is 0 Å². The van der Waals surface area contributed by atoms with Crippen LogP contribution in [0.1, 0.15) is 6.92 Å². The first-order chi connectivity index (χ1) is 11.1. The summed E-state index contributed by atoms with van der Waals surface area (Å²) in [7, 11) is 0. The summed E-state index contributed by atoms with van der Waals surface area (Å²) in [6.45, 7) is 2.03. The van der Waals surface area contributed by atoms with E-state index >= 15 is 0 Å². The molecule has 0 bridgehead atoms. The number of aliphatic carboxylic acids is 1. The van der Waals surface area contributed by atoms with Gasteiger partial charge in [0.1, 0.15) is 18.0 Å². The molecule has 0 atom stereocenters. The minimum Gasteiger partial charge on any atom is -0.494 e. The van der Waals surface area contributed by atoms with Crippen LogP contribution >= 0.6 is 0 Å². The zero-order valence-electron chi connectivity index (χ0n) is 12.6. The number of anilines is 1. The Morgan fingerprint density at radius 2 is 1.83 bits per heavy atom. The predicted octanol–water partition coefficient (Wildman–Crippen LogP) is 1.38. The number of hydrogen-bond acceptors (Lipinski definition) is 5. The number of rotatable bonds is 8. The van der Waals surface area contributed by atoms with Gasteiger partial charge in [-0.25, -0.2) is 0 Å². The highest BCUT2D eigenvalue weighted by Crippen LogP contribution is 2.17. The van der Waals surface area contributed by atoms with Gasteiger partial charge in [0.05, 0.1) is 6.61 Å². The average Bonchev–Trinajstić information content (AvgIpc) is 2.93. The van der Waals surface area contributed by atoms with E-state index in [2.05, 4.69) is 10.4 Å². The van der Waals surface area contributed by atoms with E-state index in [-0.39, 0.29) is 24.9 Å². The highest BCUT2D eigenvalue weighted by Gasteiger charge is 2.07. The normalized spacial score (nSPS) is 10.1. The SMILES string of the molecule is CCOc1ccc(OCC(=O)Nc2ccn(CC(=O)O)n2)cc1. The molecule has 23 heavy (non-hydrogen) atoms. The van der Waals surface area contributed by atoms with Gasteiger partial charge in [0, 0.05) is 12.3 Å². The van der Waals surface area contributed by atoms with Crippen LogP contribution in [0.15, 0.2) is 36.5 Å². The van der Waals surface area contributed by atoms with Crippen LogP contribution in [0, 0.1) is 0 Å². The van der Waals surface area contributed by atoms with Gasteiger partial charge in [-0.1, -0.05) is 0 Å². The molecular formula is C15H17N3O5. The largest absolute Gasteiger partial charge is 0.494 e. The maximum Gasteiger partial charge on any atom is 0.325 e. The third-order valence-corrected chi connectivity index (χ3v) is 2.71. The first-order valence-electron chi connectivity index (χ1n) is 6.97.